The summed E-state index contributed by atoms with van der Waals surface area (Å²) in [6.45, 7) is 6.73. The van der Waals surface area contributed by atoms with Gasteiger partial charge in [-0.25, -0.2) is 8.78 Å². The van der Waals surface area contributed by atoms with Gasteiger partial charge < -0.3 is 10.1 Å². The standard InChI is InChI=1S/C16H18F2N2O/c1-16(2,3)20-10-11-9-19-7-6-15(11)21-12-4-5-13(17)14(18)8-12/h4-9,20H,10H2,1-3H3. The predicted octanol–water partition coefficient (Wildman–Crippen LogP) is 4.04. The van der Waals surface area contributed by atoms with Crippen molar-refractivity contribution < 1.29 is 13.5 Å². The first-order valence-electron chi connectivity index (χ1n) is 6.66. The topological polar surface area (TPSA) is 34.2 Å². The van der Waals surface area contributed by atoms with Gasteiger partial charge in [0.1, 0.15) is 11.5 Å². The second-order valence-electron chi connectivity index (χ2n) is 5.76. The summed E-state index contributed by atoms with van der Waals surface area (Å²) < 4.78 is 31.7. The Balaban J connectivity index is 2.17. The van der Waals surface area contributed by atoms with E-state index in [1.807, 2.05) is 0 Å². The maximum Gasteiger partial charge on any atom is 0.162 e. The predicted molar refractivity (Wildman–Crippen MR) is 77.3 cm³/mol. The molecular formula is C16H18F2N2O. The van der Waals surface area contributed by atoms with Gasteiger partial charge in [-0.05, 0) is 39.0 Å². The fourth-order valence-electron chi connectivity index (χ4n) is 1.67. The molecule has 0 aliphatic carbocycles. The lowest BCUT2D eigenvalue weighted by molar-refractivity contribution is 0.412. The molecule has 0 aliphatic heterocycles. The monoisotopic (exact) mass is 292 g/mol. The van der Waals surface area contributed by atoms with Crippen molar-refractivity contribution in [3.8, 4) is 11.5 Å². The third-order valence-corrected chi connectivity index (χ3v) is 2.79. The molecule has 0 radical (unpaired) electrons. The fraction of sp³-hybridized carbons (Fsp3) is 0.312. The van der Waals surface area contributed by atoms with Crippen LogP contribution < -0.4 is 10.1 Å². The van der Waals surface area contributed by atoms with E-state index in [0.717, 1.165) is 17.7 Å². The van der Waals surface area contributed by atoms with Crippen LogP contribution >= 0.6 is 0 Å². The van der Waals surface area contributed by atoms with Gasteiger partial charge in [0.25, 0.3) is 0 Å². The van der Waals surface area contributed by atoms with E-state index in [0.29, 0.717) is 12.3 Å². The first-order valence-corrected chi connectivity index (χ1v) is 6.66. The van der Waals surface area contributed by atoms with Gasteiger partial charge in [-0.2, -0.15) is 0 Å². The van der Waals surface area contributed by atoms with Crippen molar-refractivity contribution >= 4 is 0 Å². The minimum atomic E-state index is -0.934. The van der Waals surface area contributed by atoms with Crippen LogP contribution in [-0.4, -0.2) is 10.5 Å². The number of rotatable bonds is 4. The number of hydrogen-bond donors (Lipinski definition) is 1. The van der Waals surface area contributed by atoms with Gasteiger partial charge in [-0.15, -0.1) is 0 Å². The third kappa shape index (κ3) is 4.49. The Kier molecular flexibility index (Phi) is 4.53. The molecule has 0 aliphatic rings. The smallest absolute Gasteiger partial charge is 0.162 e. The van der Waals surface area contributed by atoms with Gasteiger partial charge in [0.2, 0.25) is 0 Å². The van der Waals surface area contributed by atoms with E-state index in [1.54, 1.807) is 18.5 Å². The summed E-state index contributed by atoms with van der Waals surface area (Å²) in [5, 5.41) is 3.33. The van der Waals surface area contributed by atoms with Crippen LogP contribution in [0.1, 0.15) is 26.3 Å². The van der Waals surface area contributed by atoms with Crippen molar-refractivity contribution in [3.05, 3.63) is 53.9 Å². The molecule has 0 saturated heterocycles. The first kappa shape index (κ1) is 15.4. The number of halogens is 2. The lowest BCUT2D eigenvalue weighted by atomic mass is 10.1. The summed E-state index contributed by atoms with van der Waals surface area (Å²) in [5.74, 6) is -1.02. The van der Waals surface area contributed by atoms with Gasteiger partial charge in [-0.3, -0.25) is 4.98 Å². The average molecular weight is 292 g/mol. The lowest BCUT2D eigenvalue weighted by Gasteiger charge is -2.21. The molecule has 3 nitrogen and oxygen atoms in total. The molecule has 0 bridgehead atoms. The molecule has 0 saturated carbocycles. The molecule has 2 aromatic rings. The minimum absolute atomic E-state index is 0.0465. The number of ether oxygens (including phenoxy) is 1. The second-order valence-corrected chi connectivity index (χ2v) is 5.76. The number of nitrogens with one attached hydrogen (secondary N) is 1. The molecule has 0 atom stereocenters. The number of aromatic nitrogens is 1. The third-order valence-electron chi connectivity index (χ3n) is 2.79. The molecule has 5 heteroatoms. The summed E-state index contributed by atoms with van der Waals surface area (Å²) >= 11 is 0. The zero-order valence-electron chi connectivity index (χ0n) is 12.3. The summed E-state index contributed by atoms with van der Waals surface area (Å²) in [6, 6.07) is 5.15. The van der Waals surface area contributed by atoms with Crippen LogP contribution in [0.3, 0.4) is 0 Å². The van der Waals surface area contributed by atoms with Crippen LogP contribution in [0.4, 0.5) is 8.78 Å². The molecule has 0 unspecified atom stereocenters. The Hall–Kier alpha value is -2.01. The molecule has 1 aromatic carbocycles. The highest BCUT2D eigenvalue weighted by molar-refractivity contribution is 5.36. The van der Waals surface area contributed by atoms with Crippen LogP contribution in [-0.2, 0) is 6.54 Å². The van der Waals surface area contributed by atoms with E-state index in [4.69, 9.17) is 4.74 Å². The van der Waals surface area contributed by atoms with Crippen LogP contribution in [0.25, 0.3) is 0 Å². The highest BCUT2D eigenvalue weighted by atomic mass is 19.2. The molecule has 1 heterocycles. The van der Waals surface area contributed by atoms with Crippen molar-refractivity contribution in [2.45, 2.75) is 32.9 Å². The SMILES string of the molecule is CC(C)(C)NCc1cnccc1Oc1ccc(F)c(F)c1. The van der Waals surface area contributed by atoms with E-state index in [1.165, 1.54) is 6.07 Å². The summed E-state index contributed by atoms with van der Waals surface area (Å²) in [4.78, 5) is 4.07. The molecule has 1 aromatic heterocycles. The fourth-order valence-corrected chi connectivity index (χ4v) is 1.67. The quantitative estimate of drug-likeness (QED) is 0.923. The first-order chi connectivity index (χ1) is 9.85. The molecule has 2 rings (SSSR count). The Morgan fingerprint density at radius 2 is 1.90 bits per heavy atom. The maximum absolute atomic E-state index is 13.2. The van der Waals surface area contributed by atoms with Gasteiger partial charge in [0, 0.05) is 36.1 Å². The summed E-state index contributed by atoms with van der Waals surface area (Å²) in [5.41, 5.74) is 0.798. The van der Waals surface area contributed by atoms with Crippen molar-refractivity contribution in [1.82, 2.24) is 10.3 Å². The molecule has 112 valence electrons. The molecule has 21 heavy (non-hydrogen) atoms. The van der Waals surface area contributed by atoms with Gasteiger partial charge >= 0.3 is 0 Å². The number of nitrogens with zero attached hydrogens (tertiary/aromatic N) is 1. The van der Waals surface area contributed by atoms with E-state index in [9.17, 15) is 8.78 Å². The van der Waals surface area contributed by atoms with Crippen molar-refractivity contribution in [2.75, 3.05) is 0 Å². The summed E-state index contributed by atoms with van der Waals surface area (Å²) in [6.07, 6.45) is 3.28. The Morgan fingerprint density at radius 3 is 2.57 bits per heavy atom. The largest absolute Gasteiger partial charge is 0.457 e. The van der Waals surface area contributed by atoms with E-state index < -0.39 is 11.6 Å². The van der Waals surface area contributed by atoms with Gasteiger partial charge in [0.05, 0.1) is 0 Å². The molecule has 0 amide bonds. The number of pyridine rings is 1. The van der Waals surface area contributed by atoms with Crippen molar-refractivity contribution in [2.24, 2.45) is 0 Å². The number of hydrogen-bond acceptors (Lipinski definition) is 3. The van der Waals surface area contributed by atoms with Crippen LogP contribution in [0.5, 0.6) is 11.5 Å². The van der Waals surface area contributed by atoms with Crippen molar-refractivity contribution in [1.29, 1.82) is 0 Å². The minimum Gasteiger partial charge on any atom is -0.457 e. The second kappa shape index (κ2) is 6.18. The van der Waals surface area contributed by atoms with Crippen LogP contribution in [0, 0.1) is 11.6 Å². The Morgan fingerprint density at radius 1 is 1.14 bits per heavy atom. The molecule has 0 fully saturated rings. The Bertz CT molecular complexity index is 624. The number of benzene rings is 1. The zero-order valence-corrected chi connectivity index (χ0v) is 12.3. The van der Waals surface area contributed by atoms with E-state index >= 15 is 0 Å². The van der Waals surface area contributed by atoms with E-state index in [-0.39, 0.29) is 11.3 Å². The van der Waals surface area contributed by atoms with E-state index in [2.05, 4.69) is 31.1 Å². The normalized spacial score (nSPS) is 11.5. The Labute approximate surface area is 123 Å². The highest BCUT2D eigenvalue weighted by Gasteiger charge is 2.12. The van der Waals surface area contributed by atoms with Gasteiger partial charge in [-0.1, -0.05) is 0 Å². The van der Waals surface area contributed by atoms with Crippen molar-refractivity contribution in [3.63, 3.8) is 0 Å². The van der Waals surface area contributed by atoms with Gasteiger partial charge in [0.15, 0.2) is 11.6 Å². The highest BCUT2D eigenvalue weighted by Crippen LogP contribution is 2.26. The molecule has 0 spiro atoms. The average Bonchev–Trinajstić information content (AvgIpc) is 2.41. The molecule has 1 N–H and O–H groups in total. The zero-order chi connectivity index (χ0) is 15.5. The van der Waals surface area contributed by atoms with Crippen LogP contribution in [0.2, 0.25) is 0 Å². The maximum atomic E-state index is 13.2. The summed E-state index contributed by atoms with van der Waals surface area (Å²) in [7, 11) is 0. The lowest BCUT2D eigenvalue weighted by Crippen LogP contribution is -2.35. The molecular weight excluding hydrogens is 274 g/mol. The van der Waals surface area contributed by atoms with Crippen LogP contribution in [0.15, 0.2) is 36.7 Å².